The molecule has 1 aliphatic rings. The maximum atomic E-state index is 14.0. The maximum Gasteiger partial charge on any atom is 1.00 e. The van der Waals surface area contributed by atoms with E-state index in [-0.39, 0.29) is 125 Å². The second kappa shape index (κ2) is 13.6. The van der Waals surface area contributed by atoms with E-state index in [9.17, 15) is 35.5 Å². The molecule has 0 heterocycles. The zero-order valence-electron chi connectivity index (χ0n) is 26.7. The Bertz CT molecular complexity index is 2030. The smallest absolute Gasteiger partial charge is 0.744 e. The van der Waals surface area contributed by atoms with Gasteiger partial charge in [0.05, 0.1) is 32.3 Å². The summed E-state index contributed by atoms with van der Waals surface area (Å²) in [7, 11) is -9.65. The van der Waals surface area contributed by atoms with E-state index >= 15 is 0 Å². The second-order valence-corrected chi connectivity index (χ2v) is 13.6. The number of carbonyl (C=O) groups is 2. The van der Waals surface area contributed by atoms with Crippen LogP contribution in [-0.4, -0.2) is 37.5 Å². The van der Waals surface area contributed by atoms with Crippen molar-refractivity contribution in [1.82, 2.24) is 0 Å². The first-order chi connectivity index (χ1) is 20.4. The minimum Gasteiger partial charge on any atom is -0.744 e. The molecule has 5 rings (SSSR count). The third-order valence-electron chi connectivity index (χ3n) is 7.90. The van der Waals surface area contributed by atoms with Crippen LogP contribution in [0.3, 0.4) is 0 Å². The van der Waals surface area contributed by atoms with Gasteiger partial charge in [-0.2, -0.15) is 0 Å². The van der Waals surface area contributed by atoms with E-state index in [0.717, 1.165) is 0 Å². The Morgan fingerprint density at radius 3 is 1.17 bits per heavy atom. The summed E-state index contributed by atoms with van der Waals surface area (Å²) in [6, 6.07) is 12.5. The van der Waals surface area contributed by atoms with E-state index in [0.29, 0.717) is 22.5 Å². The molecule has 0 radical (unpaired) electrons. The summed E-state index contributed by atoms with van der Waals surface area (Å²) in [5.41, 5.74) is 3.45. The summed E-state index contributed by atoms with van der Waals surface area (Å²) in [5, 5.41) is 6.23. The fraction of sp³-hybridized carbons (Fsp3) is 0.188. The van der Waals surface area contributed by atoms with Crippen LogP contribution in [0.4, 0.5) is 22.7 Å². The summed E-state index contributed by atoms with van der Waals surface area (Å²) in [6.07, 6.45) is 0. The van der Waals surface area contributed by atoms with Gasteiger partial charge in [0.1, 0.15) is 20.2 Å². The van der Waals surface area contributed by atoms with Gasteiger partial charge in [0.2, 0.25) is 0 Å². The third kappa shape index (κ3) is 6.66. The van der Waals surface area contributed by atoms with Crippen LogP contribution < -0.4 is 69.7 Å². The first-order valence-electron chi connectivity index (χ1n) is 13.5. The van der Waals surface area contributed by atoms with E-state index in [1.165, 1.54) is 52.0 Å². The molecular formula is C32H28N2Na2O8S2. The zero-order valence-corrected chi connectivity index (χ0v) is 32.3. The molecule has 0 unspecified atom stereocenters. The Labute approximate surface area is 312 Å². The van der Waals surface area contributed by atoms with Gasteiger partial charge in [-0.15, -0.1) is 0 Å². The summed E-state index contributed by atoms with van der Waals surface area (Å²) in [5.74, 6) is -0.943. The van der Waals surface area contributed by atoms with Crippen LogP contribution in [0.25, 0.3) is 0 Å². The van der Waals surface area contributed by atoms with Gasteiger partial charge in [-0.3, -0.25) is 9.59 Å². The number of hydrogen-bond acceptors (Lipinski definition) is 10. The third-order valence-corrected chi connectivity index (χ3v) is 10.2. The van der Waals surface area contributed by atoms with Gasteiger partial charge in [-0.1, -0.05) is 36.4 Å². The fourth-order valence-electron chi connectivity index (χ4n) is 6.19. The Balaban J connectivity index is 0.00000288. The largest absolute Gasteiger partial charge is 1.00 e. The maximum absolute atomic E-state index is 14.0. The molecule has 0 amide bonds. The quantitative estimate of drug-likeness (QED) is 0.178. The predicted molar refractivity (Wildman–Crippen MR) is 164 cm³/mol. The average Bonchev–Trinajstić information content (AvgIpc) is 2.90. The van der Waals surface area contributed by atoms with E-state index in [1.807, 2.05) is 0 Å². The number of ketones is 2. The molecule has 0 aliphatic heterocycles. The summed E-state index contributed by atoms with van der Waals surface area (Å²) in [4.78, 5) is 27.2. The molecule has 0 aromatic heterocycles. The van der Waals surface area contributed by atoms with Crippen molar-refractivity contribution in [1.29, 1.82) is 0 Å². The number of nitrogens with one attached hydrogen (secondary N) is 2. The molecule has 46 heavy (non-hydrogen) atoms. The Morgan fingerprint density at radius 2 is 0.870 bits per heavy atom. The summed E-state index contributed by atoms with van der Waals surface area (Å²) in [6.45, 7) is 9.46. The minimum absolute atomic E-state index is 0. The molecule has 0 saturated carbocycles. The first-order valence-corrected chi connectivity index (χ1v) is 16.3. The molecule has 1 aliphatic carbocycles. The van der Waals surface area contributed by atoms with Crippen LogP contribution in [-0.2, 0) is 20.2 Å². The molecule has 0 saturated heterocycles. The molecule has 2 N–H and O–H groups in total. The molecular weight excluding hydrogens is 650 g/mol. The monoisotopic (exact) mass is 678 g/mol. The molecule has 0 fully saturated rings. The normalized spacial score (nSPS) is 12.4. The van der Waals surface area contributed by atoms with E-state index in [1.54, 1.807) is 38.1 Å². The molecule has 10 nitrogen and oxygen atoms in total. The van der Waals surface area contributed by atoms with E-state index in [4.69, 9.17) is 0 Å². The van der Waals surface area contributed by atoms with Crippen LogP contribution >= 0.6 is 0 Å². The number of fused-ring (bicyclic) bond motifs is 2. The molecule has 0 atom stereocenters. The standard InChI is InChI=1S/C32H30N2O8S2.2Na/c1-15-13-17(3)31(43(37,38)39)19(5)27(15)33-23-11-12-24(26-25(23)29(35)21-9-7-8-10-22(21)30(26)36)34-28-16(2)14-18(4)32(20(28)6)44(40,41)42;;/h7-14,33-34H,1-6H3,(H,37,38,39)(H,40,41,42);;/q;2*+1/p-2. The van der Waals surface area contributed by atoms with Crippen LogP contribution in [0.1, 0.15) is 65.2 Å². The molecule has 228 valence electrons. The number of benzene rings is 4. The number of hydrogen-bond donors (Lipinski definition) is 2. The van der Waals surface area contributed by atoms with Crippen LogP contribution in [0.5, 0.6) is 0 Å². The number of rotatable bonds is 6. The van der Waals surface area contributed by atoms with Crippen LogP contribution in [0.15, 0.2) is 58.3 Å². The van der Waals surface area contributed by atoms with Crippen molar-refractivity contribution in [3.05, 3.63) is 104 Å². The van der Waals surface area contributed by atoms with Crippen molar-refractivity contribution in [3.8, 4) is 0 Å². The van der Waals surface area contributed by atoms with Crippen LogP contribution in [0, 0.1) is 41.5 Å². The van der Waals surface area contributed by atoms with Gasteiger partial charge in [0.15, 0.2) is 11.6 Å². The Morgan fingerprint density at radius 1 is 0.543 bits per heavy atom. The van der Waals surface area contributed by atoms with Crippen LogP contribution in [0.2, 0.25) is 0 Å². The topological polar surface area (TPSA) is 173 Å². The van der Waals surface area contributed by atoms with Gasteiger partial charge in [0, 0.05) is 22.5 Å². The van der Waals surface area contributed by atoms with Gasteiger partial charge < -0.3 is 19.7 Å². The number of aryl methyl sites for hydroxylation is 4. The predicted octanol–water partition coefficient (Wildman–Crippen LogP) is -0.384. The minimum atomic E-state index is -4.83. The average molecular weight is 679 g/mol. The molecule has 4 aromatic rings. The SMILES string of the molecule is Cc1cc(C)c(S(=O)(=O)[O-])c(C)c1Nc1ccc(Nc2c(C)cc(C)c(S(=O)(=O)[O-])c2C)c2c1C(=O)c1ccccc1C2=O.[Na+].[Na+]. The first kappa shape index (κ1) is 38.1. The number of anilines is 4. The van der Waals surface area contributed by atoms with Gasteiger partial charge in [-0.05, 0) is 87.1 Å². The number of carbonyl (C=O) groups excluding carboxylic acids is 2. The van der Waals surface area contributed by atoms with E-state index in [2.05, 4.69) is 10.6 Å². The fourth-order valence-corrected chi connectivity index (χ4v) is 8.05. The van der Waals surface area contributed by atoms with Crippen molar-refractivity contribution in [2.24, 2.45) is 0 Å². The Kier molecular flexibility index (Phi) is 11.3. The van der Waals surface area contributed by atoms with E-state index < -0.39 is 31.8 Å². The zero-order chi connectivity index (χ0) is 32.5. The molecule has 0 bridgehead atoms. The summed E-state index contributed by atoms with van der Waals surface area (Å²) >= 11 is 0. The van der Waals surface area contributed by atoms with Crippen molar-refractivity contribution < 1.29 is 94.6 Å². The van der Waals surface area contributed by atoms with Gasteiger partial charge in [-0.25, -0.2) is 16.8 Å². The molecule has 14 heteroatoms. The summed E-state index contributed by atoms with van der Waals surface area (Å²) < 4.78 is 72.5. The molecule has 4 aromatic carbocycles. The van der Waals surface area contributed by atoms with Crippen molar-refractivity contribution in [2.45, 2.75) is 51.3 Å². The van der Waals surface area contributed by atoms with Gasteiger partial charge in [0.25, 0.3) is 0 Å². The Hall–Kier alpha value is -2.36. The molecule has 0 spiro atoms. The van der Waals surface area contributed by atoms with Crippen molar-refractivity contribution >= 4 is 54.6 Å². The second-order valence-electron chi connectivity index (χ2n) is 11.0. The van der Waals surface area contributed by atoms with Gasteiger partial charge >= 0.3 is 59.1 Å². The van der Waals surface area contributed by atoms with Crippen molar-refractivity contribution in [3.63, 3.8) is 0 Å². The van der Waals surface area contributed by atoms with Crippen molar-refractivity contribution in [2.75, 3.05) is 10.6 Å².